The van der Waals surface area contributed by atoms with Gasteiger partial charge in [0.15, 0.2) is 22.0 Å². The van der Waals surface area contributed by atoms with E-state index in [-0.39, 0.29) is 29.1 Å². The summed E-state index contributed by atoms with van der Waals surface area (Å²) in [5.41, 5.74) is 0.919. The first-order chi connectivity index (χ1) is 15.2. The zero-order chi connectivity index (χ0) is 24.8. The van der Waals surface area contributed by atoms with Gasteiger partial charge in [-0.3, -0.25) is 24.1 Å². The van der Waals surface area contributed by atoms with Crippen LogP contribution in [0.15, 0.2) is 36.1 Å². The third-order valence-electron chi connectivity index (χ3n) is 6.87. The molecule has 1 saturated carbocycles. The molecule has 0 saturated heterocycles. The smallest absolute Gasteiger partial charge is 0.255 e. The van der Waals surface area contributed by atoms with Gasteiger partial charge in [0.25, 0.3) is 5.91 Å². The lowest BCUT2D eigenvalue weighted by molar-refractivity contribution is -0.176. The van der Waals surface area contributed by atoms with Crippen molar-refractivity contribution in [2.24, 2.45) is 17.6 Å². The van der Waals surface area contributed by atoms with Gasteiger partial charge in [-0.15, -0.1) is 24.0 Å². The highest BCUT2D eigenvalue weighted by molar-refractivity contribution is 6.53. The molecule has 3 aliphatic carbocycles. The number of aromatic hydroxyl groups is 1. The van der Waals surface area contributed by atoms with Crippen LogP contribution >= 0.6 is 24.0 Å². The number of aliphatic hydroxyl groups excluding tert-OH is 2. The molecule has 0 heterocycles. The maximum absolute atomic E-state index is 13.8. The van der Waals surface area contributed by atoms with Gasteiger partial charge in [0.1, 0.15) is 17.1 Å². The summed E-state index contributed by atoms with van der Waals surface area (Å²) in [6.07, 6.45) is -1.86. The number of Topliss-reactive ketones (excluding diaryl/α,β-unsaturated/α-hetero) is 3. The van der Waals surface area contributed by atoms with E-state index in [9.17, 15) is 39.6 Å². The standard InChI is InChI=1S/C22H21ClN2O8.ClH/c1-7-8-5-4-6-9(26)10(8)17(29)21(23)12(7)16(28)13-14(25(2)3)15(27)11(19(24)31)18(30)22(13,33)20(21)32;/h4-6,12-14,16,26,28,30,33H,1H2,2-3H3,(H2,24,31);1H. The Morgan fingerprint density at radius 2 is 1.79 bits per heavy atom. The quantitative estimate of drug-likeness (QED) is 0.202. The topological polar surface area (TPSA) is 178 Å². The van der Waals surface area contributed by atoms with E-state index < -0.39 is 74.8 Å². The Labute approximate surface area is 204 Å². The van der Waals surface area contributed by atoms with Crippen molar-refractivity contribution >= 4 is 52.8 Å². The summed E-state index contributed by atoms with van der Waals surface area (Å²) in [7, 11) is 2.80. The molecule has 6 N–H and O–H groups in total. The zero-order valence-electron chi connectivity index (χ0n) is 18.0. The number of rotatable bonds is 2. The van der Waals surface area contributed by atoms with Crippen LogP contribution in [0.3, 0.4) is 0 Å². The Morgan fingerprint density at radius 1 is 1.21 bits per heavy atom. The monoisotopic (exact) mass is 512 g/mol. The zero-order valence-corrected chi connectivity index (χ0v) is 19.6. The minimum atomic E-state index is -3.11. The molecule has 0 bridgehead atoms. The number of carbonyl (C=O) groups excluding carboxylic acids is 4. The van der Waals surface area contributed by atoms with Gasteiger partial charge < -0.3 is 26.2 Å². The number of nitrogens with two attached hydrogens (primary N) is 1. The predicted molar refractivity (Wildman–Crippen MR) is 122 cm³/mol. The molecule has 0 radical (unpaired) electrons. The van der Waals surface area contributed by atoms with Gasteiger partial charge in [-0.2, -0.15) is 0 Å². The SMILES string of the molecule is C=C1c2cccc(O)c2C(=O)C2(Cl)C(=O)C3(O)C(O)=C(C(N)=O)C(=O)C(N(C)C)C3C(O)C12.Cl. The van der Waals surface area contributed by atoms with E-state index in [4.69, 9.17) is 17.3 Å². The van der Waals surface area contributed by atoms with Crippen LogP contribution in [-0.4, -0.2) is 85.3 Å². The van der Waals surface area contributed by atoms with Crippen molar-refractivity contribution < 1.29 is 39.6 Å². The fourth-order valence-corrected chi connectivity index (χ4v) is 5.94. The summed E-state index contributed by atoms with van der Waals surface area (Å²) in [6, 6.07) is 2.58. The maximum atomic E-state index is 13.8. The molecule has 1 amide bonds. The van der Waals surface area contributed by atoms with Crippen LogP contribution in [0.25, 0.3) is 5.57 Å². The van der Waals surface area contributed by atoms with Gasteiger partial charge in [-0.1, -0.05) is 18.7 Å². The first kappa shape index (κ1) is 25.9. The fourth-order valence-electron chi connectivity index (χ4n) is 5.44. The van der Waals surface area contributed by atoms with Crippen molar-refractivity contribution in [2.45, 2.75) is 22.6 Å². The average molecular weight is 513 g/mol. The number of phenols is 1. The van der Waals surface area contributed by atoms with Crippen molar-refractivity contribution in [3.63, 3.8) is 0 Å². The molecule has 12 heteroatoms. The normalized spacial score (nSPS) is 34.9. The number of primary amides is 1. The van der Waals surface area contributed by atoms with Crippen molar-refractivity contribution in [3.05, 3.63) is 47.2 Å². The van der Waals surface area contributed by atoms with E-state index in [2.05, 4.69) is 6.58 Å². The van der Waals surface area contributed by atoms with E-state index in [1.54, 1.807) is 0 Å². The van der Waals surface area contributed by atoms with Crippen LogP contribution < -0.4 is 5.73 Å². The van der Waals surface area contributed by atoms with Crippen LogP contribution in [-0.2, 0) is 14.4 Å². The van der Waals surface area contributed by atoms with Crippen molar-refractivity contribution in [2.75, 3.05) is 14.1 Å². The summed E-state index contributed by atoms with van der Waals surface area (Å²) in [5, 5.41) is 44.0. The van der Waals surface area contributed by atoms with Crippen LogP contribution in [0.1, 0.15) is 15.9 Å². The van der Waals surface area contributed by atoms with E-state index >= 15 is 0 Å². The van der Waals surface area contributed by atoms with Gasteiger partial charge in [-0.05, 0) is 31.3 Å². The second-order valence-electron chi connectivity index (χ2n) is 8.72. The highest BCUT2D eigenvalue weighted by Gasteiger charge is 2.75. The number of amides is 1. The van der Waals surface area contributed by atoms with Gasteiger partial charge in [0.05, 0.1) is 23.6 Å². The number of phenolic OH excluding ortho intramolecular Hbond substituents is 1. The Kier molecular flexibility index (Phi) is 6.00. The molecular formula is C22H22Cl2N2O8. The Hall–Kier alpha value is -2.76. The fraction of sp³-hybridized carbons (Fsp3) is 0.364. The molecule has 34 heavy (non-hydrogen) atoms. The lowest BCUT2D eigenvalue weighted by Gasteiger charge is -2.56. The number of hydrogen-bond donors (Lipinski definition) is 5. The van der Waals surface area contributed by atoms with E-state index in [0.29, 0.717) is 0 Å². The molecule has 0 aromatic heterocycles. The second kappa shape index (κ2) is 7.89. The number of halogens is 2. The average Bonchev–Trinajstić information content (AvgIpc) is 2.72. The Balaban J connectivity index is 0.00000324. The summed E-state index contributed by atoms with van der Waals surface area (Å²) in [6.45, 7) is 3.87. The van der Waals surface area contributed by atoms with E-state index in [1.165, 1.54) is 37.2 Å². The molecule has 0 aliphatic heterocycles. The summed E-state index contributed by atoms with van der Waals surface area (Å²) < 4.78 is 0. The minimum Gasteiger partial charge on any atom is -0.508 e. The highest BCUT2D eigenvalue weighted by atomic mass is 35.5. The first-order valence-corrected chi connectivity index (χ1v) is 10.3. The Morgan fingerprint density at radius 3 is 2.32 bits per heavy atom. The van der Waals surface area contributed by atoms with Crippen molar-refractivity contribution in [1.29, 1.82) is 0 Å². The number of likely N-dealkylation sites (N-methyl/N-ethyl adjacent to an activating group) is 1. The summed E-state index contributed by atoms with van der Waals surface area (Å²) in [5.74, 6) is -10.1. The maximum Gasteiger partial charge on any atom is 0.255 e. The number of carbonyl (C=O) groups is 4. The molecule has 182 valence electrons. The van der Waals surface area contributed by atoms with Gasteiger partial charge >= 0.3 is 0 Å². The first-order valence-electron chi connectivity index (χ1n) is 9.88. The molecule has 6 atom stereocenters. The Bertz CT molecular complexity index is 1210. The van der Waals surface area contributed by atoms with Crippen LogP contribution in [0.2, 0.25) is 0 Å². The van der Waals surface area contributed by atoms with Crippen LogP contribution in [0.4, 0.5) is 0 Å². The lowest BCUT2D eigenvalue weighted by atomic mass is 9.52. The number of nitrogens with zero attached hydrogens (tertiary/aromatic N) is 1. The van der Waals surface area contributed by atoms with E-state index in [0.717, 1.165) is 0 Å². The summed E-state index contributed by atoms with van der Waals surface area (Å²) in [4.78, 5) is 50.8. The molecule has 1 aromatic carbocycles. The van der Waals surface area contributed by atoms with Gasteiger partial charge in [0, 0.05) is 5.92 Å². The molecular weight excluding hydrogens is 491 g/mol. The third-order valence-corrected chi connectivity index (χ3v) is 7.45. The van der Waals surface area contributed by atoms with Crippen molar-refractivity contribution in [3.8, 4) is 5.75 Å². The van der Waals surface area contributed by atoms with Crippen LogP contribution in [0.5, 0.6) is 5.75 Å². The summed E-state index contributed by atoms with van der Waals surface area (Å²) >= 11 is 6.59. The number of hydrogen-bond acceptors (Lipinski definition) is 9. The minimum absolute atomic E-state index is 0. The highest BCUT2D eigenvalue weighted by Crippen LogP contribution is 2.58. The molecule has 10 nitrogen and oxygen atoms in total. The van der Waals surface area contributed by atoms with E-state index in [1.807, 2.05) is 0 Å². The number of aliphatic hydroxyl groups is 3. The third kappa shape index (κ3) is 2.80. The second-order valence-corrected chi connectivity index (χ2v) is 9.31. The largest absolute Gasteiger partial charge is 0.508 e. The number of alkyl halides is 1. The lowest BCUT2D eigenvalue weighted by Crippen LogP contribution is -2.77. The van der Waals surface area contributed by atoms with Crippen molar-refractivity contribution in [1.82, 2.24) is 4.90 Å². The molecule has 1 aromatic rings. The van der Waals surface area contributed by atoms with Crippen LogP contribution in [0, 0.1) is 11.8 Å². The molecule has 0 spiro atoms. The number of ketones is 3. The van der Waals surface area contributed by atoms with Gasteiger partial charge in [0.2, 0.25) is 5.78 Å². The molecule has 3 aliphatic rings. The molecule has 1 fully saturated rings. The number of benzene rings is 1. The van der Waals surface area contributed by atoms with Gasteiger partial charge in [-0.25, -0.2) is 0 Å². The molecule has 6 unspecified atom stereocenters. The predicted octanol–water partition coefficient (Wildman–Crippen LogP) is -0.281. The number of fused-ring (bicyclic) bond motifs is 3. The molecule has 4 rings (SSSR count).